The van der Waals surface area contributed by atoms with E-state index in [-0.39, 0.29) is 12.0 Å². The average molecular weight is 316 g/mol. The fourth-order valence-electron chi connectivity index (χ4n) is 2.85. The van der Waals surface area contributed by atoms with Crippen molar-refractivity contribution >= 4 is 5.97 Å². The number of hydrogen-bond donors (Lipinski definition) is 0. The molecule has 1 aliphatic heterocycles. The topological polar surface area (TPSA) is 62.6 Å². The summed E-state index contributed by atoms with van der Waals surface area (Å²) in [6.07, 6.45) is 3.96. The van der Waals surface area contributed by atoms with E-state index < -0.39 is 0 Å². The van der Waals surface area contributed by atoms with Crippen molar-refractivity contribution in [2.45, 2.75) is 38.6 Å². The Hall–Kier alpha value is -2.06. The Bertz CT molecular complexity index is 536. The molecule has 1 saturated heterocycles. The van der Waals surface area contributed by atoms with Gasteiger partial charge in [0.1, 0.15) is 11.8 Å². The Morgan fingerprint density at radius 1 is 1.35 bits per heavy atom. The van der Waals surface area contributed by atoms with Gasteiger partial charge in [0.25, 0.3) is 0 Å². The molecule has 0 bridgehead atoms. The van der Waals surface area contributed by atoms with E-state index >= 15 is 0 Å². The van der Waals surface area contributed by atoms with E-state index in [1.165, 1.54) is 0 Å². The molecule has 1 heterocycles. The Morgan fingerprint density at radius 2 is 2.13 bits per heavy atom. The van der Waals surface area contributed by atoms with Crippen LogP contribution < -0.4 is 4.74 Å². The van der Waals surface area contributed by atoms with Crippen LogP contribution in [-0.2, 0) is 9.53 Å². The molecule has 0 radical (unpaired) electrons. The van der Waals surface area contributed by atoms with Gasteiger partial charge in [-0.25, -0.2) is 0 Å². The monoisotopic (exact) mass is 316 g/mol. The zero-order chi connectivity index (χ0) is 16.5. The summed E-state index contributed by atoms with van der Waals surface area (Å²) in [5.74, 6) is 0.671. The van der Waals surface area contributed by atoms with Crippen molar-refractivity contribution < 1.29 is 14.3 Å². The largest absolute Gasteiger partial charge is 0.494 e. The van der Waals surface area contributed by atoms with Crippen molar-refractivity contribution in [1.82, 2.24) is 4.90 Å². The molecule has 1 aromatic rings. The van der Waals surface area contributed by atoms with Gasteiger partial charge in [0.15, 0.2) is 0 Å². The van der Waals surface area contributed by atoms with Crippen LogP contribution in [0.4, 0.5) is 0 Å². The van der Waals surface area contributed by atoms with Crippen molar-refractivity contribution in [2.24, 2.45) is 0 Å². The van der Waals surface area contributed by atoms with Gasteiger partial charge in [-0.1, -0.05) is 6.42 Å². The number of nitrogens with zero attached hydrogens (tertiary/aromatic N) is 2. The van der Waals surface area contributed by atoms with E-state index in [0.29, 0.717) is 18.8 Å². The molecule has 2 rings (SSSR count). The fourth-order valence-corrected chi connectivity index (χ4v) is 2.85. The first-order valence-corrected chi connectivity index (χ1v) is 8.28. The van der Waals surface area contributed by atoms with Gasteiger partial charge in [-0.05, 0) is 57.0 Å². The lowest BCUT2D eigenvalue weighted by Gasteiger charge is -2.33. The van der Waals surface area contributed by atoms with Crippen LogP contribution in [0.5, 0.6) is 5.75 Å². The second kappa shape index (κ2) is 9.16. The number of likely N-dealkylation sites (tertiary alicyclic amines) is 1. The minimum Gasteiger partial charge on any atom is -0.494 e. The quantitative estimate of drug-likeness (QED) is 0.572. The summed E-state index contributed by atoms with van der Waals surface area (Å²) in [7, 11) is 0. The molecule has 0 saturated carbocycles. The Labute approximate surface area is 137 Å². The highest BCUT2D eigenvalue weighted by Crippen LogP contribution is 2.19. The number of esters is 1. The number of ether oxygens (including phenoxy) is 2. The Kier molecular flexibility index (Phi) is 6.89. The summed E-state index contributed by atoms with van der Waals surface area (Å²) in [5, 5.41) is 8.76. The van der Waals surface area contributed by atoms with Crippen molar-refractivity contribution in [3.8, 4) is 11.8 Å². The predicted octanol–water partition coefficient (Wildman–Crippen LogP) is 2.74. The van der Waals surface area contributed by atoms with Gasteiger partial charge in [0, 0.05) is 6.54 Å². The molecule has 0 spiro atoms. The maximum absolute atomic E-state index is 12.0. The minimum absolute atomic E-state index is 0.0970. The van der Waals surface area contributed by atoms with Gasteiger partial charge in [0.2, 0.25) is 0 Å². The van der Waals surface area contributed by atoms with Crippen LogP contribution in [0.1, 0.15) is 38.2 Å². The number of nitriles is 1. The van der Waals surface area contributed by atoms with Gasteiger partial charge < -0.3 is 9.47 Å². The molecule has 23 heavy (non-hydrogen) atoms. The SMILES string of the molecule is CCOC(=O)C1CCCCN1CCCOc1ccc(C#N)cc1. The zero-order valence-electron chi connectivity index (χ0n) is 13.7. The van der Waals surface area contributed by atoms with Crippen molar-refractivity contribution in [1.29, 1.82) is 5.26 Å². The molecule has 0 N–H and O–H groups in total. The molecule has 1 aromatic carbocycles. The molecule has 1 aliphatic rings. The predicted molar refractivity (Wildman–Crippen MR) is 87.1 cm³/mol. The average Bonchev–Trinajstić information content (AvgIpc) is 2.60. The van der Waals surface area contributed by atoms with Crippen molar-refractivity contribution in [2.75, 3.05) is 26.3 Å². The van der Waals surface area contributed by atoms with E-state index in [2.05, 4.69) is 11.0 Å². The summed E-state index contributed by atoms with van der Waals surface area (Å²) in [4.78, 5) is 14.2. The number of benzene rings is 1. The summed E-state index contributed by atoms with van der Waals surface area (Å²) in [6, 6.07) is 9.09. The van der Waals surface area contributed by atoms with Gasteiger partial charge in [-0.2, -0.15) is 5.26 Å². The van der Waals surface area contributed by atoms with Gasteiger partial charge >= 0.3 is 5.97 Å². The standard InChI is InChI=1S/C18H24N2O3/c1-2-22-18(21)17-6-3-4-11-20(17)12-5-13-23-16-9-7-15(14-19)8-10-16/h7-10,17H,2-6,11-13H2,1H3. The number of rotatable bonds is 7. The van der Waals surface area contributed by atoms with Crippen LogP contribution in [0.2, 0.25) is 0 Å². The second-order valence-corrected chi connectivity index (χ2v) is 5.64. The van der Waals surface area contributed by atoms with Crippen LogP contribution >= 0.6 is 0 Å². The smallest absolute Gasteiger partial charge is 0.323 e. The third-order valence-corrected chi connectivity index (χ3v) is 4.01. The highest BCUT2D eigenvalue weighted by Gasteiger charge is 2.29. The molecule has 1 unspecified atom stereocenters. The van der Waals surface area contributed by atoms with Gasteiger partial charge in [-0.3, -0.25) is 9.69 Å². The fraction of sp³-hybridized carbons (Fsp3) is 0.556. The molecule has 0 aromatic heterocycles. The summed E-state index contributed by atoms with van der Waals surface area (Å²) >= 11 is 0. The lowest BCUT2D eigenvalue weighted by atomic mass is 10.0. The number of hydrogen-bond acceptors (Lipinski definition) is 5. The highest BCUT2D eigenvalue weighted by atomic mass is 16.5. The van der Waals surface area contributed by atoms with Crippen LogP contribution in [0, 0.1) is 11.3 Å². The van der Waals surface area contributed by atoms with Crippen LogP contribution in [0.25, 0.3) is 0 Å². The lowest BCUT2D eigenvalue weighted by molar-refractivity contribution is -0.150. The molecular formula is C18H24N2O3. The third-order valence-electron chi connectivity index (χ3n) is 4.01. The van der Waals surface area contributed by atoms with Gasteiger partial charge in [0.05, 0.1) is 24.8 Å². The first-order valence-electron chi connectivity index (χ1n) is 8.28. The van der Waals surface area contributed by atoms with Crippen molar-refractivity contribution in [3.05, 3.63) is 29.8 Å². The Morgan fingerprint density at radius 3 is 2.83 bits per heavy atom. The molecule has 0 aliphatic carbocycles. The van der Waals surface area contributed by atoms with E-state index in [4.69, 9.17) is 14.7 Å². The van der Waals surface area contributed by atoms with E-state index in [9.17, 15) is 4.79 Å². The molecule has 5 nitrogen and oxygen atoms in total. The summed E-state index contributed by atoms with van der Waals surface area (Å²) in [6.45, 7) is 4.65. The van der Waals surface area contributed by atoms with E-state index in [1.807, 2.05) is 6.92 Å². The second-order valence-electron chi connectivity index (χ2n) is 5.64. The maximum Gasteiger partial charge on any atom is 0.323 e. The highest BCUT2D eigenvalue weighted by molar-refractivity contribution is 5.75. The van der Waals surface area contributed by atoms with Crippen LogP contribution in [-0.4, -0.2) is 43.2 Å². The first-order chi connectivity index (χ1) is 11.2. The first kappa shape index (κ1) is 17.3. The molecular weight excluding hydrogens is 292 g/mol. The maximum atomic E-state index is 12.0. The number of carbonyl (C=O) groups is 1. The molecule has 1 atom stereocenters. The molecule has 124 valence electrons. The normalized spacial score (nSPS) is 18.2. The minimum atomic E-state index is -0.0985. The summed E-state index contributed by atoms with van der Waals surface area (Å²) < 4.78 is 10.9. The molecule has 5 heteroatoms. The lowest BCUT2D eigenvalue weighted by Crippen LogP contribution is -2.46. The number of carbonyl (C=O) groups excluding carboxylic acids is 1. The summed E-state index contributed by atoms with van der Waals surface area (Å²) in [5.41, 5.74) is 0.628. The van der Waals surface area contributed by atoms with E-state index in [0.717, 1.165) is 44.5 Å². The van der Waals surface area contributed by atoms with Crippen LogP contribution in [0.15, 0.2) is 24.3 Å². The van der Waals surface area contributed by atoms with Gasteiger partial charge in [-0.15, -0.1) is 0 Å². The van der Waals surface area contributed by atoms with E-state index in [1.54, 1.807) is 24.3 Å². The van der Waals surface area contributed by atoms with Crippen LogP contribution in [0.3, 0.4) is 0 Å². The number of piperidine rings is 1. The van der Waals surface area contributed by atoms with Crippen molar-refractivity contribution in [3.63, 3.8) is 0 Å². The molecule has 1 fully saturated rings. The zero-order valence-corrected chi connectivity index (χ0v) is 13.7. The molecule has 0 amide bonds. The third kappa shape index (κ3) is 5.26. The Balaban J connectivity index is 1.75.